The number of hydrogen-bond donors (Lipinski definition) is 0. The minimum atomic E-state index is 0.391. The molecule has 1 nitrogen and oxygen atoms in total. The molecular formula is C7H4Cl2O. The lowest BCUT2D eigenvalue weighted by Gasteiger charge is -1.93. The van der Waals surface area contributed by atoms with Crippen LogP contribution in [0.5, 0.6) is 0 Å². The van der Waals surface area contributed by atoms with Crippen LogP contribution in [0.15, 0.2) is 18.2 Å². The first-order chi connectivity index (χ1) is 4.74. The molecule has 0 saturated heterocycles. The molecule has 0 radical (unpaired) electrons. The summed E-state index contributed by atoms with van der Waals surface area (Å²) in [6.45, 7) is 0. The average Bonchev–Trinajstić information content (AvgIpc) is 1.88. The van der Waals surface area contributed by atoms with Gasteiger partial charge in [-0.05, 0) is 18.2 Å². The quantitative estimate of drug-likeness (QED) is 0.476. The Morgan fingerprint density at radius 1 is 1.30 bits per heavy atom. The number of benzene rings is 1. The number of aldehydes is 1. The average molecular weight is 177 g/mol. The lowest BCUT2D eigenvalue weighted by atomic mass is 10.2. The maximum absolute atomic E-state index is 10.2. The Hall–Kier alpha value is -0.530. The Labute approximate surface area is 68.6 Å². The van der Waals surface area contributed by atoms with Gasteiger partial charge in [-0.1, -0.05) is 23.2 Å². The van der Waals surface area contributed by atoms with Gasteiger partial charge in [0.2, 0.25) is 0 Å². The molecule has 0 spiro atoms. The van der Waals surface area contributed by atoms with Gasteiger partial charge in [0, 0.05) is 10.6 Å². The highest BCUT2D eigenvalue weighted by molar-refractivity contribution is 6.36. The largest absolute Gasteiger partial charge is 0.298 e. The normalized spacial score (nSPS) is 9.40. The van der Waals surface area contributed by atoms with Gasteiger partial charge in [-0.15, -0.1) is 0 Å². The second kappa shape index (κ2) is 3.04. The zero-order valence-electron chi connectivity index (χ0n) is 4.97. The Morgan fingerprint density at radius 3 is 2.50 bits per heavy atom. The van der Waals surface area contributed by atoms with Crippen LogP contribution in [-0.2, 0) is 0 Å². The lowest BCUT2D eigenvalue weighted by Crippen LogP contribution is -1.79. The number of carbonyl (C=O) groups is 1. The zero-order valence-corrected chi connectivity index (χ0v) is 6.49. The van der Waals surface area contributed by atoms with E-state index < -0.39 is 0 Å². The molecule has 0 amide bonds. The molecule has 0 aliphatic carbocycles. The fraction of sp³-hybridized carbons (Fsp3) is 0. The second-order valence-electron chi connectivity index (χ2n) is 1.78. The minimum absolute atomic E-state index is 0.391. The van der Waals surface area contributed by atoms with Crippen molar-refractivity contribution in [1.82, 2.24) is 0 Å². The summed E-state index contributed by atoms with van der Waals surface area (Å²) in [5.41, 5.74) is 0.464. The Kier molecular flexibility index (Phi) is 2.30. The van der Waals surface area contributed by atoms with Gasteiger partial charge < -0.3 is 0 Å². The number of hydrogen-bond acceptors (Lipinski definition) is 1. The summed E-state index contributed by atoms with van der Waals surface area (Å²) in [7, 11) is 0. The first-order valence-electron chi connectivity index (χ1n) is 2.64. The molecule has 0 aliphatic heterocycles. The monoisotopic (exact) mass is 176 g/mol. The lowest BCUT2D eigenvalue weighted by molar-refractivity contribution is 0.112. The molecule has 52 valence electrons. The van der Waals surface area contributed by atoms with Crippen LogP contribution in [0.25, 0.3) is 0 Å². The second-order valence-corrected chi connectivity index (χ2v) is 2.63. The maximum atomic E-state index is 10.2. The third kappa shape index (κ3) is 1.49. The van der Waals surface area contributed by atoms with E-state index in [9.17, 15) is 4.79 Å². The number of halogens is 2. The summed E-state index contributed by atoms with van der Waals surface area (Å²) >= 11 is 11.2. The van der Waals surface area contributed by atoms with Gasteiger partial charge >= 0.3 is 0 Å². The Morgan fingerprint density at radius 2 is 2.00 bits per heavy atom. The van der Waals surface area contributed by atoms with Gasteiger partial charge in [0.1, 0.15) is 0 Å². The van der Waals surface area contributed by atoms with Crippen molar-refractivity contribution in [2.24, 2.45) is 0 Å². The summed E-state index contributed by atoms with van der Waals surface area (Å²) in [5, 5.41) is 0.929. The van der Waals surface area contributed by atoms with E-state index in [2.05, 4.69) is 0 Å². The fourth-order valence-electron chi connectivity index (χ4n) is 0.597. The molecule has 0 aromatic heterocycles. The van der Waals surface area contributed by atoms with E-state index in [0.717, 1.165) is 0 Å². The van der Waals surface area contributed by atoms with Crippen LogP contribution in [0.1, 0.15) is 10.4 Å². The highest BCUT2D eigenvalue weighted by Crippen LogP contribution is 2.18. The summed E-state index contributed by atoms with van der Waals surface area (Å²) in [5.74, 6) is 0. The van der Waals surface area contributed by atoms with Crippen molar-refractivity contribution in [1.29, 1.82) is 0 Å². The van der Waals surface area contributed by atoms with Crippen LogP contribution in [0.3, 0.4) is 0 Å². The molecule has 10 heavy (non-hydrogen) atoms. The molecule has 1 aromatic carbocycles. The van der Waals surface area contributed by atoms with E-state index >= 15 is 0 Å². The van der Waals surface area contributed by atoms with Crippen molar-refractivity contribution in [3.05, 3.63) is 33.8 Å². The van der Waals surface area contributed by atoms with Crippen LogP contribution < -0.4 is 0 Å². The zero-order chi connectivity index (χ0) is 7.56. The summed E-state index contributed by atoms with van der Waals surface area (Å²) < 4.78 is 0. The third-order valence-corrected chi connectivity index (χ3v) is 1.65. The third-order valence-electron chi connectivity index (χ3n) is 1.09. The van der Waals surface area contributed by atoms with Crippen molar-refractivity contribution < 1.29 is 4.79 Å². The van der Waals surface area contributed by atoms with E-state index in [4.69, 9.17) is 23.2 Å². The number of rotatable bonds is 1. The molecule has 0 bridgehead atoms. The van der Waals surface area contributed by atoms with E-state index in [0.29, 0.717) is 21.9 Å². The summed E-state index contributed by atoms with van der Waals surface area (Å²) in [6.07, 6.45) is 0.693. The fourth-order valence-corrected chi connectivity index (χ4v) is 1.05. The van der Waals surface area contributed by atoms with Gasteiger partial charge in [0.25, 0.3) is 0 Å². The molecule has 1 rings (SSSR count). The molecule has 0 aliphatic rings. The molecule has 0 N–H and O–H groups in total. The number of carbonyl (C=O) groups excluding carboxylic acids is 1. The van der Waals surface area contributed by atoms with E-state index in [1.807, 2.05) is 0 Å². The Balaban J connectivity index is 3.19. The van der Waals surface area contributed by atoms with Gasteiger partial charge in [0.05, 0.1) is 5.02 Å². The molecule has 0 atom stereocenters. The smallest absolute Gasteiger partial charge is 0.151 e. The van der Waals surface area contributed by atoms with E-state index in [1.165, 1.54) is 6.07 Å². The molecule has 0 saturated carbocycles. The van der Waals surface area contributed by atoms with Crippen LogP contribution in [0.4, 0.5) is 0 Å². The van der Waals surface area contributed by atoms with Crippen molar-refractivity contribution in [3.8, 4) is 0 Å². The molecule has 0 heterocycles. The first kappa shape index (κ1) is 7.58. The van der Waals surface area contributed by atoms with Gasteiger partial charge in [-0.25, -0.2) is 0 Å². The van der Waals surface area contributed by atoms with E-state index in [-0.39, 0.29) is 0 Å². The van der Waals surface area contributed by atoms with Crippen molar-refractivity contribution >= 4 is 29.5 Å². The molecule has 0 fully saturated rings. The van der Waals surface area contributed by atoms with Crippen LogP contribution in [-0.4, -0.2) is 6.29 Å². The summed E-state index contributed by atoms with van der Waals surface area (Å²) in [4.78, 5) is 10.2. The predicted molar refractivity (Wildman–Crippen MR) is 41.8 cm³/mol. The topological polar surface area (TPSA) is 17.1 Å². The van der Waals surface area contributed by atoms with Crippen molar-refractivity contribution in [3.63, 3.8) is 0 Å². The Bertz CT molecular complexity index is 258. The highest BCUT2D eigenvalue weighted by atomic mass is 35.5. The van der Waals surface area contributed by atoms with Crippen LogP contribution in [0, 0.1) is 0 Å². The predicted octanol–water partition coefficient (Wildman–Crippen LogP) is 2.81. The maximum Gasteiger partial charge on any atom is 0.151 e. The van der Waals surface area contributed by atoms with Gasteiger partial charge in [-0.2, -0.15) is 0 Å². The minimum Gasteiger partial charge on any atom is -0.298 e. The van der Waals surface area contributed by atoms with Crippen molar-refractivity contribution in [2.75, 3.05) is 0 Å². The van der Waals surface area contributed by atoms with Crippen LogP contribution >= 0.6 is 23.2 Å². The summed E-state index contributed by atoms with van der Waals surface area (Å²) in [6, 6.07) is 4.74. The van der Waals surface area contributed by atoms with E-state index in [1.54, 1.807) is 12.1 Å². The SMILES string of the molecule is [18O]=Cc1ccc(Cl)cc1Cl. The van der Waals surface area contributed by atoms with Crippen LogP contribution in [0.2, 0.25) is 10.0 Å². The van der Waals surface area contributed by atoms with Gasteiger partial charge in [-0.3, -0.25) is 4.79 Å². The molecule has 0 unspecified atom stereocenters. The van der Waals surface area contributed by atoms with Gasteiger partial charge in [0.15, 0.2) is 6.29 Å². The van der Waals surface area contributed by atoms with Crippen molar-refractivity contribution in [2.45, 2.75) is 0 Å². The standard InChI is InChI=1S/C7H4Cl2O/c8-6-2-1-5(4-10)7(9)3-6/h1-4H/i10+2. The highest BCUT2D eigenvalue weighted by Gasteiger charge is 1.97. The first-order valence-corrected chi connectivity index (χ1v) is 3.40. The molecule has 3 heteroatoms. The molecular weight excluding hydrogens is 173 g/mol. The molecule has 1 aromatic rings.